The molecule has 0 bridgehead atoms. The molecule has 0 saturated carbocycles. The van der Waals surface area contributed by atoms with E-state index >= 15 is 0 Å². The molecule has 4 nitrogen and oxygen atoms in total. The summed E-state index contributed by atoms with van der Waals surface area (Å²) in [7, 11) is 1.81. The third-order valence-electron chi connectivity index (χ3n) is 1.21. The Bertz CT molecular complexity index is 193. The average Bonchev–Trinajstić information content (AvgIpc) is 2.37. The highest BCUT2D eigenvalue weighted by molar-refractivity contribution is 5.18. The van der Waals surface area contributed by atoms with Crippen LogP contribution >= 0.6 is 0 Å². The minimum Gasteiger partial charge on any atom is -0.356 e. The van der Waals surface area contributed by atoms with Gasteiger partial charge in [0.15, 0.2) is 0 Å². The molecule has 0 unspecified atom stereocenters. The van der Waals surface area contributed by atoms with Crippen molar-refractivity contribution >= 4 is 5.95 Å². The number of aromatic nitrogens is 3. The smallest absolute Gasteiger partial charge is 0.241 e. The van der Waals surface area contributed by atoms with Gasteiger partial charge in [0.2, 0.25) is 5.95 Å². The van der Waals surface area contributed by atoms with Crippen LogP contribution in [0.15, 0.2) is 6.33 Å². The zero-order chi connectivity index (χ0) is 7.40. The molecule has 1 rings (SSSR count). The summed E-state index contributed by atoms with van der Waals surface area (Å²) in [5, 5.41) is 6.98. The second kappa shape index (κ2) is 3.20. The van der Waals surface area contributed by atoms with Gasteiger partial charge in [0.25, 0.3) is 0 Å². The van der Waals surface area contributed by atoms with Gasteiger partial charge in [-0.15, -0.1) is 5.10 Å². The molecule has 1 heterocycles. The predicted octanol–water partition coefficient (Wildman–Crippen LogP) is 0.730. The molecule has 0 atom stereocenters. The molecule has 0 aliphatic rings. The van der Waals surface area contributed by atoms with E-state index in [-0.39, 0.29) is 0 Å². The lowest BCUT2D eigenvalue weighted by molar-refractivity contribution is 0.602. The first-order valence-corrected chi connectivity index (χ1v) is 3.44. The van der Waals surface area contributed by atoms with Crippen LogP contribution in [-0.4, -0.2) is 21.8 Å². The highest BCUT2D eigenvalue weighted by Gasteiger charge is 1.93. The van der Waals surface area contributed by atoms with Gasteiger partial charge in [-0.2, -0.15) is 0 Å². The van der Waals surface area contributed by atoms with Gasteiger partial charge in [-0.1, -0.05) is 6.92 Å². The molecule has 10 heavy (non-hydrogen) atoms. The summed E-state index contributed by atoms with van der Waals surface area (Å²) in [5.41, 5.74) is 0. The highest BCUT2D eigenvalue weighted by Crippen LogP contribution is 1.94. The number of nitrogens with zero attached hydrogens (tertiary/aromatic N) is 3. The summed E-state index contributed by atoms with van der Waals surface area (Å²) in [6, 6.07) is 0. The van der Waals surface area contributed by atoms with Crippen LogP contribution in [0.5, 0.6) is 0 Å². The zero-order valence-electron chi connectivity index (χ0n) is 6.33. The number of aryl methyl sites for hydroxylation is 1. The molecular formula is C6H12N4. The molecule has 1 aromatic rings. The molecule has 0 fully saturated rings. The van der Waals surface area contributed by atoms with Gasteiger partial charge >= 0.3 is 0 Å². The molecule has 0 radical (unpaired) electrons. The van der Waals surface area contributed by atoms with Gasteiger partial charge in [0, 0.05) is 13.6 Å². The molecule has 0 aromatic carbocycles. The molecule has 0 aliphatic carbocycles. The highest BCUT2D eigenvalue weighted by atomic mass is 15.4. The summed E-state index contributed by atoms with van der Waals surface area (Å²) in [4.78, 5) is 3.99. The Labute approximate surface area is 60.3 Å². The van der Waals surface area contributed by atoms with Crippen LogP contribution in [0.2, 0.25) is 0 Å². The first-order chi connectivity index (χ1) is 4.86. The molecule has 0 amide bonds. The average molecular weight is 140 g/mol. The minimum atomic E-state index is 0.688. The van der Waals surface area contributed by atoms with E-state index in [1.165, 1.54) is 0 Å². The minimum absolute atomic E-state index is 0.688. The maximum Gasteiger partial charge on any atom is 0.241 e. The zero-order valence-corrected chi connectivity index (χ0v) is 6.33. The molecule has 1 N–H and O–H groups in total. The number of hydrogen-bond donors (Lipinski definition) is 1. The first-order valence-electron chi connectivity index (χ1n) is 3.44. The Morgan fingerprint density at radius 2 is 2.50 bits per heavy atom. The third-order valence-corrected chi connectivity index (χ3v) is 1.21. The van der Waals surface area contributed by atoms with Gasteiger partial charge in [-0.05, 0) is 6.42 Å². The fourth-order valence-corrected chi connectivity index (χ4v) is 0.746. The van der Waals surface area contributed by atoms with E-state index in [1.807, 2.05) is 11.7 Å². The number of rotatable bonds is 3. The lowest BCUT2D eigenvalue weighted by Gasteiger charge is -1.93. The monoisotopic (exact) mass is 140 g/mol. The van der Waals surface area contributed by atoms with Crippen molar-refractivity contribution in [1.82, 2.24) is 14.8 Å². The number of anilines is 1. The van der Waals surface area contributed by atoms with Gasteiger partial charge in [-0.3, -0.25) is 4.68 Å². The Balaban J connectivity index is 2.59. The van der Waals surface area contributed by atoms with E-state index in [1.54, 1.807) is 6.33 Å². The maximum atomic E-state index is 4.11. The van der Waals surface area contributed by atoms with E-state index in [0.29, 0.717) is 5.95 Å². The lowest BCUT2D eigenvalue weighted by atomic mass is 10.5. The van der Waals surface area contributed by atoms with Crippen molar-refractivity contribution in [3.05, 3.63) is 6.33 Å². The van der Waals surface area contributed by atoms with Gasteiger partial charge in [0.05, 0.1) is 0 Å². The van der Waals surface area contributed by atoms with Crippen molar-refractivity contribution in [3.8, 4) is 0 Å². The second-order valence-corrected chi connectivity index (χ2v) is 2.08. The van der Waals surface area contributed by atoms with Crippen LogP contribution in [0.4, 0.5) is 5.95 Å². The van der Waals surface area contributed by atoms with Crippen molar-refractivity contribution < 1.29 is 0 Å². The lowest BCUT2D eigenvalue weighted by Crippen LogP contribution is -1.98. The summed E-state index contributed by atoms with van der Waals surface area (Å²) in [6.07, 6.45) is 2.82. The fraction of sp³-hybridized carbons (Fsp3) is 0.667. The molecule has 0 spiro atoms. The summed E-state index contributed by atoms with van der Waals surface area (Å²) >= 11 is 0. The van der Waals surface area contributed by atoms with E-state index in [4.69, 9.17) is 0 Å². The molecule has 1 aromatic heterocycles. The van der Waals surface area contributed by atoms with Crippen LogP contribution in [0.25, 0.3) is 0 Å². The van der Waals surface area contributed by atoms with Crippen LogP contribution in [0.1, 0.15) is 13.3 Å². The Hall–Kier alpha value is -1.06. The van der Waals surface area contributed by atoms with Gasteiger partial charge < -0.3 is 5.32 Å². The summed E-state index contributed by atoms with van der Waals surface area (Å²) in [6.45, 7) is 3.05. The summed E-state index contributed by atoms with van der Waals surface area (Å²) in [5.74, 6) is 0.688. The number of nitrogens with one attached hydrogen (secondary N) is 1. The van der Waals surface area contributed by atoms with Crippen molar-refractivity contribution in [2.45, 2.75) is 19.9 Å². The van der Waals surface area contributed by atoms with Crippen molar-refractivity contribution in [2.75, 3.05) is 12.4 Å². The molecule has 56 valence electrons. The molecule has 0 aliphatic heterocycles. The first kappa shape index (κ1) is 7.05. The topological polar surface area (TPSA) is 42.7 Å². The van der Waals surface area contributed by atoms with Gasteiger partial charge in [-0.25, -0.2) is 4.98 Å². The van der Waals surface area contributed by atoms with Gasteiger partial charge in [0.1, 0.15) is 6.33 Å². The van der Waals surface area contributed by atoms with Crippen LogP contribution in [0, 0.1) is 0 Å². The molecule has 0 saturated heterocycles. The largest absolute Gasteiger partial charge is 0.356 e. The Morgan fingerprint density at radius 3 is 3.00 bits per heavy atom. The van der Waals surface area contributed by atoms with E-state index in [9.17, 15) is 0 Å². The Morgan fingerprint density at radius 1 is 1.70 bits per heavy atom. The molecular weight excluding hydrogens is 128 g/mol. The standard InChI is InChI=1S/C6H12N4/c1-3-4-10-5-8-6(7-2)9-10/h5H,3-4H2,1-2H3,(H,7,9). The van der Waals surface area contributed by atoms with E-state index < -0.39 is 0 Å². The molecule has 4 heteroatoms. The second-order valence-electron chi connectivity index (χ2n) is 2.08. The fourth-order valence-electron chi connectivity index (χ4n) is 0.746. The normalized spacial score (nSPS) is 9.80. The number of hydrogen-bond acceptors (Lipinski definition) is 3. The predicted molar refractivity (Wildman–Crippen MR) is 39.9 cm³/mol. The van der Waals surface area contributed by atoms with Crippen LogP contribution < -0.4 is 5.32 Å². The van der Waals surface area contributed by atoms with E-state index in [2.05, 4.69) is 22.3 Å². The van der Waals surface area contributed by atoms with E-state index in [0.717, 1.165) is 13.0 Å². The maximum absolute atomic E-state index is 4.11. The quantitative estimate of drug-likeness (QED) is 0.673. The SMILES string of the molecule is CCCn1cnc(NC)n1. The van der Waals surface area contributed by atoms with Crippen molar-refractivity contribution in [1.29, 1.82) is 0 Å². The van der Waals surface area contributed by atoms with Crippen LogP contribution in [-0.2, 0) is 6.54 Å². The summed E-state index contributed by atoms with van der Waals surface area (Å²) < 4.78 is 1.83. The van der Waals surface area contributed by atoms with Crippen molar-refractivity contribution in [3.63, 3.8) is 0 Å². The van der Waals surface area contributed by atoms with Crippen LogP contribution in [0.3, 0.4) is 0 Å². The third kappa shape index (κ3) is 1.46. The Kier molecular flexibility index (Phi) is 2.25. The van der Waals surface area contributed by atoms with Crippen molar-refractivity contribution in [2.24, 2.45) is 0 Å².